The topological polar surface area (TPSA) is 49.0 Å². The fraction of sp³-hybridized carbons (Fsp3) is 1.00. The Labute approximate surface area is 161 Å². The van der Waals surface area contributed by atoms with Crippen LogP contribution in [-0.4, -0.2) is 101 Å². The molecule has 0 aliphatic carbocycles. The standard InChI is InChI=1S/C20H42N4O2/c1-18(2)13-21-5-9-25-11-7-23-14-20(15-23)16-24(17-20)8-12-26-10-6-22-19(3)4/h18-19,21-22H,5-17H2,1-4H3. The van der Waals surface area contributed by atoms with Crippen molar-refractivity contribution < 1.29 is 9.47 Å². The first-order valence-electron chi connectivity index (χ1n) is 10.5. The first-order valence-corrected chi connectivity index (χ1v) is 10.5. The minimum Gasteiger partial charge on any atom is -0.379 e. The lowest BCUT2D eigenvalue weighted by atomic mass is 9.73. The van der Waals surface area contributed by atoms with Crippen molar-refractivity contribution >= 4 is 0 Å². The lowest BCUT2D eigenvalue weighted by Gasteiger charge is -2.60. The third-order valence-corrected chi connectivity index (χ3v) is 5.11. The zero-order valence-electron chi connectivity index (χ0n) is 17.6. The monoisotopic (exact) mass is 370 g/mol. The number of hydrogen-bond acceptors (Lipinski definition) is 6. The quantitative estimate of drug-likeness (QED) is 0.418. The third kappa shape index (κ3) is 8.19. The molecule has 2 aliphatic heterocycles. The first kappa shape index (κ1) is 22.1. The molecule has 2 heterocycles. The summed E-state index contributed by atoms with van der Waals surface area (Å²) in [7, 11) is 0. The number of hydrogen-bond donors (Lipinski definition) is 2. The Kier molecular flexibility index (Phi) is 9.81. The van der Waals surface area contributed by atoms with Crippen molar-refractivity contribution in [2.24, 2.45) is 11.3 Å². The molecule has 6 nitrogen and oxygen atoms in total. The molecular formula is C20H42N4O2. The van der Waals surface area contributed by atoms with Crippen molar-refractivity contribution in [3.63, 3.8) is 0 Å². The molecule has 0 unspecified atom stereocenters. The fourth-order valence-corrected chi connectivity index (χ4v) is 3.87. The van der Waals surface area contributed by atoms with Gasteiger partial charge < -0.3 is 20.1 Å². The maximum Gasteiger partial charge on any atom is 0.0594 e. The summed E-state index contributed by atoms with van der Waals surface area (Å²) < 4.78 is 11.4. The summed E-state index contributed by atoms with van der Waals surface area (Å²) in [5.74, 6) is 0.711. The van der Waals surface area contributed by atoms with Gasteiger partial charge >= 0.3 is 0 Å². The van der Waals surface area contributed by atoms with E-state index >= 15 is 0 Å². The summed E-state index contributed by atoms with van der Waals surface area (Å²) in [5.41, 5.74) is 0.581. The lowest BCUT2D eigenvalue weighted by molar-refractivity contribution is -0.123. The van der Waals surface area contributed by atoms with Gasteiger partial charge in [0.25, 0.3) is 0 Å². The van der Waals surface area contributed by atoms with E-state index < -0.39 is 0 Å². The number of ether oxygens (including phenoxy) is 2. The van der Waals surface area contributed by atoms with Crippen LogP contribution in [0, 0.1) is 11.3 Å². The number of rotatable bonds is 15. The maximum absolute atomic E-state index is 5.73. The van der Waals surface area contributed by atoms with Gasteiger partial charge in [0, 0.05) is 63.8 Å². The average Bonchev–Trinajstić information content (AvgIpc) is 2.50. The highest BCUT2D eigenvalue weighted by Gasteiger charge is 2.50. The van der Waals surface area contributed by atoms with Gasteiger partial charge in [0.2, 0.25) is 0 Å². The Morgan fingerprint density at radius 2 is 1.35 bits per heavy atom. The number of likely N-dealkylation sites (tertiary alicyclic amines) is 2. The smallest absolute Gasteiger partial charge is 0.0594 e. The molecule has 0 radical (unpaired) electrons. The third-order valence-electron chi connectivity index (χ3n) is 5.11. The molecule has 0 amide bonds. The number of nitrogens with one attached hydrogen (secondary N) is 2. The molecule has 2 fully saturated rings. The molecule has 0 atom stereocenters. The van der Waals surface area contributed by atoms with Crippen LogP contribution < -0.4 is 10.6 Å². The molecule has 1 spiro atoms. The number of nitrogens with zero attached hydrogens (tertiary/aromatic N) is 2. The van der Waals surface area contributed by atoms with Gasteiger partial charge in [0.1, 0.15) is 0 Å². The molecule has 6 heteroatoms. The van der Waals surface area contributed by atoms with Crippen LogP contribution in [0.1, 0.15) is 27.7 Å². The first-order chi connectivity index (χ1) is 12.5. The zero-order chi connectivity index (χ0) is 18.8. The van der Waals surface area contributed by atoms with Crippen LogP contribution in [0.5, 0.6) is 0 Å². The SMILES string of the molecule is CC(C)CNCCOCCN1CC2(C1)CN(CCOCCNC(C)C)C2. The summed E-state index contributed by atoms with van der Waals surface area (Å²) in [5, 5.41) is 6.79. The summed E-state index contributed by atoms with van der Waals surface area (Å²) in [6.07, 6.45) is 0. The van der Waals surface area contributed by atoms with E-state index in [2.05, 4.69) is 48.1 Å². The molecular weight excluding hydrogens is 328 g/mol. The van der Waals surface area contributed by atoms with Gasteiger partial charge in [0.05, 0.1) is 26.4 Å². The average molecular weight is 371 g/mol. The van der Waals surface area contributed by atoms with Crippen LogP contribution in [0.25, 0.3) is 0 Å². The molecule has 2 N–H and O–H groups in total. The fourth-order valence-electron chi connectivity index (χ4n) is 3.87. The Morgan fingerprint density at radius 1 is 0.808 bits per heavy atom. The van der Waals surface area contributed by atoms with Gasteiger partial charge in [-0.15, -0.1) is 0 Å². The van der Waals surface area contributed by atoms with Crippen LogP contribution in [0.2, 0.25) is 0 Å². The highest BCUT2D eigenvalue weighted by molar-refractivity contribution is 5.05. The summed E-state index contributed by atoms with van der Waals surface area (Å²) in [4.78, 5) is 5.07. The van der Waals surface area contributed by atoms with E-state index in [1.54, 1.807) is 0 Å². The van der Waals surface area contributed by atoms with Crippen LogP contribution in [0.4, 0.5) is 0 Å². The van der Waals surface area contributed by atoms with Crippen molar-refractivity contribution in [2.45, 2.75) is 33.7 Å². The lowest BCUT2D eigenvalue weighted by Crippen LogP contribution is -2.72. The molecule has 26 heavy (non-hydrogen) atoms. The molecule has 2 aliphatic rings. The van der Waals surface area contributed by atoms with Gasteiger partial charge in [-0.2, -0.15) is 0 Å². The van der Waals surface area contributed by atoms with Gasteiger partial charge in [-0.05, 0) is 12.5 Å². The van der Waals surface area contributed by atoms with Crippen molar-refractivity contribution in [1.29, 1.82) is 0 Å². The van der Waals surface area contributed by atoms with Gasteiger partial charge in [-0.1, -0.05) is 27.7 Å². The largest absolute Gasteiger partial charge is 0.379 e. The second kappa shape index (κ2) is 11.6. The summed E-state index contributed by atoms with van der Waals surface area (Å²) in [6, 6.07) is 0.544. The summed E-state index contributed by atoms with van der Waals surface area (Å²) >= 11 is 0. The van der Waals surface area contributed by atoms with Crippen LogP contribution in [0.3, 0.4) is 0 Å². The minimum absolute atomic E-state index is 0.544. The van der Waals surface area contributed by atoms with Gasteiger partial charge in [0.15, 0.2) is 0 Å². The van der Waals surface area contributed by atoms with E-state index in [1.807, 2.05) is 0 Å². The molecule has 154 valence electrons. The minimum atomic E-state index is 0.544. The van der Waals surface area contributed by atoms with E-state index in [0.717, 1.165) is 59.2 Å². The molecule has 0 aromatic carbocycles. The van der Waals surface area contributed by atoms with E-state index in [-0.39, 0.29) is 0 Å². The molecule has 2 rings (SSSR count). The molecule has 2 saturated heterocycles. The molecule has 0 saturated carbocycles. The van der Waals surface area contributed by atoms with Crippen LogP contribution in [0.15, 0.2) is 0 Å². The predicted molar refractivity (Wildman–Crippen MR) is 108 cm³/mol. The Morgan fingerprint density at radius 3 is 1.85 bits per heavy atom. The van der Waals surface area contributed by atoms with Crippen LogP contribution in [-0.2, 0) is 9.47 Å². The predicted octanol–water partition coefficient (Wildman–Crippen LogP) is 0.881. The normalized spacial score (nSPS) is 20.1. The van der Waals surface area contributed by atoms with Crippen LogP contribution >= 0.6 is 0 Å². The van der Waals surface area contributed by atoms with E-state index in [0.29, 0.717) is 17.4 Å². The Bertz CT molecular complexity index is 365. The maximum atomic E-state index is 5.73. The van der Waals surface area contributed by atoms with Crippen molar-refractivity contribution in [3.05, 3.63) is 0 Å². The van der Waals surface area contributed by atoms with E-state index in [1.165, 1.54) is 26.2 Å². The molecule has 0 bridgehead atoms. The van der Waals surface area contributed by atoms with E-state index in [9.17, 15) is 0 Å². The zero-order valence-corrected chi connectivity index (χ0v) is 17.6. The van der Waals surface area contributed by atoms with Crippen molar-refractivity contribution in [3.8, 4) is 0 Å². The molecule has 0 aromatic rings. The molecule has 0 aromatic heterocycles. The second-order valence-electron chi connectivity index (χ2n) is 8.85. The van der Waals surface area contributed by atoms with E-state index in [4.69, 9.17) is 9.47 Å². The Balaban J connectivity index is 1.35. The Hall–Kier alpha value is -0.240. The highest BCUT2D eigenvalue weighted by Crippen LogP contribution is 2.38. The highest BCUT2D eigenvalue weighted by atomic mass is 16.5. The van der Waals surface area contributed by atoms with Gasteiger partial charge in [-0.25, -0.2) is 0 Å². The van der Waals surface area contributed by atoms with Crippen molar-refractivity contribution in [2.75, 3.05) is 85.3 Å². The summed E-state index contributed by atoms with van der Waals surface area (Å²) in [6.45, 7) is 22.3. The second-order valence-corrected chi connectivity index (χ2v) is 8.85. The van der Waals surface area contributed by atoms with Crippen molar-refractivity contribution in [1.82, 2.24) is 20.4 Å². The van der Waals surface area contributed by atoms with Gasteiger partial charge in [-0.3, -0.25) is 9.80 Å².